The lowest BCUT2D eigenvalue weighted by Gasteiger charge is -2.20. The molecule has 7 heteroatoms. The van der Waals surface area contributed by atoms with E-state index in [1.165, 1.54) is 11.8 Å². The molecule has 84 valence electrons. The van der Waals surface area contributed by atoms with Crippen molar-refractivity contribution in [1.82, 2.24) is 14.9 Å². The maximum atomic E-state index is 11.7. The minimum absolute atomic E-state index is 0.169. The van der Waals surface area contributed by atoms with E-state index in [-0.39, 0.29) is 16.9 Å². The van der Waals surface area contributed by atoms with Gasteiger partial charge >= 0.3 is 5.56 Å². The first kappa shape index (κ1) is 11.8. The molecule has 0 fully saturated rings. The predicted molar refractivity (Wildman–Crippen MR) is 61.6 cm³/mol. The number of anilines is 1. The van der Waals surface area contributed by atoms with Crippen molar-refractivity contribution >= 4 is 17.6 Å². The lowest BCUT2D eigenvalue weighted by Crippen LogP contribution is -2.37. The average molecular weight is 229 g/mol. The first-order valence-electron chi connectivity index (χ1n) is 4.42. The van der Waals surface area contributed by atoms with Crippen LogP contribution in [0.3, 0.4) is 0 Å². The highest BCUT2D eigenvalue weighted by atomic mass is 32.2. The molecule has 0 saturated carbocycles. The zero-order valence-corrected chi connectivity index (χ0v) is 10.1. The van der Waals surface area contributed by atoms with Gasteiger partial charge < -0.3 is 11.2 Å². The molecule has 0 aliphatic rings. The summed E-state index contributed by atoms with van der Waals surface area (Å²) in [5.41, 5.74) is -0.619. The fourth-order valence-corrected chi connectivity index (χ4v) is 1.36. The Morgan fingerprint density at radius 1 is 1.40 bits per heavy atom. The SMILES string of the molecule is CSc1nnc(NC(C)(C)C)c(=O)n1N. The quantitative estimate of drug-likeness (QED) is 0.560. The maximum absolute atomic E-state index is 11.7. The molecule has 0 aromatic carbocycles. The molecular weight excluding hydrogens is 214 g/mol. The van der Waals surface area contributed by atoms with Gasteiger partial charge in [-0.15, -0.1) is 10.2 Å². The van der Waals surface area contributed by atoms with Gasteiger partial charge in [0.1, 0.15) is 0 Å². The van der Waals surface area contributed by atoms with Crippen LogP contribution in [0.1, 0.15) is 20.8 Å². The number of hydrogen-bond donors (Lipinski definition) is 2. The van der Waals surface area contributed by atoms with Crippen molar-refractivity contribution in [1.29, 1.82) is 0 Å². The monoisotopic (exact) mass is 229 g/mol. The molecular formula is C8H15N5OS. The highest BCUT2D eigenvalue weighted by molar-refractivity contribution is 7.98. The zero-order chi connectivity index (χ0) is 11.6. The predicted octanol–water partition coefficient (Wildman–Crippen LogP) is 0.284. The third kappa shape index (κ3) is 2.85. The number of hydrogen-bond acceptors (Lipinski definition) is 6. The number of aromatic nitrogens is 3. The van der Waals surface area contributed by atoms with E-state index < -0.39 is 0 Å². The molecule has 0 aliphatic heterocycles. The molecule has 1 aromatic rings. The molecule has 3 N–H and O–H groups in total. The van der Waals surface area contributed by atoms with Gasteiger partial charge in [-0.25, -0.2) is 0 Å². The van der Waals surface area contributed by atoms with E-state index in [0.717, 1.165) is 4.68 Å². The van der Waals surface area contributed by atoms with Crippen LogP contribution < -0.4 is 16.7 Å². The van der Waals surface area contributed by atoms with Crippen LogP contribution in [0.2, 0.25) is 0 Å². The normalized spacial score (nSPS) is 11.5. The van der Waals surface area contributed by atoms with Crippen LogP contribution >= 0.6 is 11.8 Å². The number of nitrogen functional groups attached to an aromatic ring is 1. The number of rotatable bonds is 2. The average Bonchev–Trinajstić information content (AvgIpc) is 2.11. The van der Waals surface area contributed by atoms with Crippen LogP contribution in [-0.4, -0.2) is 26.7 Å². The Morgan fingerprint density at radius 3 is 2.47 bits per heavy atom. The third-order valence-electron chi connectivity index (χ3n) is 1.54. The lowest BCUT2D eigenvalue weighted by molar-refractivity contribution is 0.613. The molecule has 1 heterocycles. The van der Waals surface area contributed by atoms with Crippen LogP contribution in [0.15, 0.2) is 9.95 Å². The van der Waals surface area contributed by atoms with Gasteiger partial charge in [0.05, 0.1) is 0 Å². The first-order chi connectivity index (χ1) is 6.85. The molecule has 0 spiro atoms. The summed E-state index contributed by atoms with van der Waals surface area (Å²) in [5, 5.41) is 11.0. The second-order valence-electron chi connectivity index (χ2n) is 4.09. The Balaban J connectivity index is 3.13. The minimum Gasteiger partial charge on any atom is -0.359 e. The molecule has 1 aromatic heterocycles. The maximum Gasteiger partial charge on any atom is 0.315 e. The molecule has 0 atom stereocenters. The van der Waals surface area contributed by atoms with E-state index in [0.29, 0.717) is 5.16 Å². The van der Waals surface area contributed by atoms with Crippen molar-refractivity contribution in [2.24, 2.45) is 0 Å². The molecule has 0 bridgehead atoms. The van der Waals surface area contributed by atoms with Crippen LogP contribution in [0.4, 0.5) is 5.82 Å². The summed E-state index contributed by atoms with van der Waals surface area (Å²) in [6.45, 7) is 5.78. The van der Waals surface area contributed by atoms with Crippen molar-refractivity contribution in [2.75, 3.05) is 17.4 Å². The first-order valence-corrected chi connectivity index (χ1v) is 5.64. The van der Waals surface area contributed by atoms with Crippen LogP contribution in [-0.2, 0) is 0 Å². The summed E-state index contributed by atoms with van der Waals surface area (Å²) < 4.78 is 0.992. The van der Waals surface area contributed by atoms with Gasteiger partial charge in [-0.1, -0.05) is 11.8 Å². The van der Waals surface area contributed by atoms with Crippen molar-refractivity contribution in [3.05, 3.63) is 10.4 Å². The summed E-state index contributed by atoms with van der Waals surface area (Å²) in [5.74, 6) is 5.72. The topological polar surface area (TPSA) is 85.8 Å². The summed E-state index contributed by atoms with van der Waals surface area (Å²) in [6.07, 6.45) is 1.78. The van der Waals surface area contributed by atoms with Gasteiger partial charge in [0.2, 0.25) is 11.0 Å². The molecule has 15 heavy (non-hydrogen) atoms. The zero-order valence-electron chi connectivity index (χ0n) is 9.24. The molecule has 1 rings (SSSR count). The molecule has 0 radical (unpaired) electrons. The highest BCUT2D eigenvalue weighted by Crippen LogP contribution is 2.09. The molecule has 0 unspecified atom stereocenters. The summed E-state index contributed by atoms with van der Waals surface area (Å²) in [4.78, 5) is 11.7. The largest absolute Gasteiger partial charge is 0.359 e. The molecule has 0 amide bonds. The fourth-order valence-electron chi connectivity index (χ4n) is 0.958. The van der Waals surface area contributed by atoms with E-state index in [9.17, 15) is 4.79 Å². The number of nitrogens with one attached hydrogen (secondary N) is 1. The Bertz CT molecular complexity index is 408. The highest BCUT2D eigenvalue weighted by Gasteiger charge is 2.15. The Kier molecular flexibility index (Phi) is 3.23. The van der Waals surface area contributed by atoms with Gasteiger partial charge in [0, 0.05) is 5.54 Å². The van der Waals surface area contributed by atoms with Crippen molar-refractivity contribution in [3.63, 3.8) is 0 Å². The van der Waals surface area contributed by atoms with E-state index in [1.807, 2.05) is 20.8 Å². The molecule has 0 saturated heterocycles. The summed E-state index contributed by atoms with van der Waals surface area (Å²) in [6, 6.07) is 0. The fraction of sp³-hybridized carbons (Fsp3) is 0.625. The Morgan fingerprint density at radius 2 is 2.00 bits per heavy atom. The summed E-state index contributed by atoms with van der Waals surface area (Å²) >= 11 is 1.27. The lowest BCUT2D eigenvalue weighted by atomic mass is 10.1. The standard InChI is InChI=1S/C8H15N5OS/c1-8(2,3)10-5-6(14)13(9)7(15-4)12-11-5/h9H2,1-4H3,(H,10,11). The minimum atomic E-state index is -0.371. The molecule has 6 nitrogen and oxygen atoms in total. The smallest absolute Gasteiger partial charge is 0.315 e. The Labute approximate surface area is 92.2 Å². The van der Waals surface area contributed by atoms with Crippen molar-refractivity contribution in [2.45, 2.75) is 31.5 Å². The van der Waals surface area contributed by atoms with Gasteiger partial charge in [-0.2, -0.15) is 4.68 Å². The van der Waals surface area contributed by atoms with Crippen molar-refractivity contribution in [3.8, 4) is 0 Å². The number of thioether (sulfide) groups is 1. The van der Waals surface area contributed by atoms with Crippen LogP contribution in [0.5, 0.6) is 0 Å². The van der Waals surface area contributed by atoms with Crippen LogP contribution in [0, 0.1) is 0 Å². The number of nitrogens with zero attached hydrogens (tertiary/aromatic N) is 3. The van der Waals surface area contributed by atoms with E-state index in [1.54, 1.807) is 6.26 Å². The van der Waals surface area contributed by atoms with Gasteiger partial charge in [-0.05, 0) is 27.0 Å². The summed E-state index contributed by atoms with van der Waals surface area (Å²) in [7, 11) is 0. The van der Waals surface area contributed by atoms with E-state index >= 15 is 0 Å². The van der Waals surface area contributed by atoms with E-state index in [4.69, 9.17) is 5.84 Å². The van der Waals surface area contributed by atoms with Gasteiger partial charge in [0.15, 0.2) is 0 Å². The second-order valence-corrected chi connectivity index (χ2v) is 4.86. The van der Waals surface area contributed by atoms with Crippen molar-refractivity contribution < 1.29 is 0 Å². The van der Waals surface area contributed by atoms with Gasteiger partial charge in [0.25, 0.3) is 0 Å². The van der Waals surface area contributed by atoms with Crippen LogP contribution in [0.25, 0.3) is 0 Å². The Hall–Kier alpha value is -1.24. The third-order valence-corrected chi connectivity index (χ3v) is 2.18. The van der Waals surface area contributed by atoms with Gasteiger partial charge in [-0.3, -0.25) is 4.79 Å². The second kappa shape index (κ2) is 4.09. The number of nitrogens with two attached hydrogens (primary N) is 1. The van der Waals surface area contributed by atoms with E-state index in [2.05, 4.69) is 15.5 Å². The molecule has 0 aliphatic carbocycles.